The summed E-state index contributed by atoms with van der Waals surface area (Å²) in [6.45, 7) is 5.47. The number of guanidine groups is 1. The highest BCUT2D eigenvalue weighted by atomic mass is 16.2. The van der Waals surface area contributed by atoms with Crippen molar-refractivity contribution >= 4 is 17.7 Å². The summed E-state index contributed by atoms with van der Waals surface area (Å²) < 4.78 is 1.85. The molecular weight excluding hydrogens is 362 g/mol. The van der Waals surface area contributed by atoms with Gasteiger partial charge in [0.05, 0.1) is 18.6 Å². The molecule has 0 N–H and O–H groups in total. The van der Waals surface area contributed by atoms with E-state index in [0.717, 1.165) is 12.1 Å². The first-order valence-electron chi connectivity index (χ1n) is 9.79. The molecule has 146 valence electrons. The molecule has 2 aliphatic heterocycles. The topological polar surface area (TPSA) is 53.7 Å². The average molecular weight is 385 g/mol. The largest absolute Gasteiger partial charge is 0.292 e. The number of hydrogen-bond acceptors (Lipinski definition) is 4. The second-order valence-electron chi connectivity index (χ2n) is 8.30. The van der Waals surface area contributed by atoms with Gasteiger partial charge < -0.3 is 0 Å². The Morgan fingerprint density at radius 2 is 1.69 bits per heavy atom. The van der Waals surface area contributed by atoms with Crippen LogP contribution in [-0.4, -0.2) is 45.7 Å². The molecule has 0 bridgehead atoms. The van der Waals surface area contributed by atoms with E-state index in [2.05, 4.69) is 50.2 Å². The molecule has 5 rings (SSSR count). The minimum Gasteiger partial charge on any atom is -0.292 e. The smallest absolute Gasteiger partial charge is 0.265 e. The zero-order valence-electron chi connectivity index (χ0n) is 16.8. The first kappa shape index (κ1) is 17.7. The number of amides is 1. The predicted molar refractivity (Wildman–Crippen MR) is 114 cm³/mol. The monoisotopic (exact) mass is 385 g/mol. The summed E-state index contributed by atoms with van der Waals surface area (Å²) in [5, 5.41) is 4.73. The van der Waals surface area contributed by atoms with Gasteiger partial charge in [0.2, 0.25) is 5.96 Å². The normalized spacial score (nSPS) is 17.2. The summed E-state index contributed by atoms with van der Waals surface area (Å²) in [4.78, 5) is 21.2. The Kier molecular flexibility index (Phi) is 3.84. The number of carbonyl (C=O) groups is 1. The highest BCUT2D eigenvalue weighted by molar-refractivity contribution is 6.18. The van der Waals surface area contributed by atoms with Crippen molar-refractivity contribution in [2.24, 2.45) is 4.99 Å². The molecule has 1 amide bonds. The molecule has 0 unspecified atom stereocenters. The maximum absolute atomic E-state index is 12.8. The molecule has 0 saturated heterocycles. The van der Waals surface area contributed by atoms with E-state index >= 15 is 0 Å². The molecule has 6 heteroatoms. The summed E-state index contributed by atoms with van der Waals surface area (Å²) in [6, 6.07) is 18.8. The van der Waals surface area contributed by atoms with E-state index in [0.29, 0.717) is 23.9 Å². The van der Waals surface area contributed by atoms with Crippen LogP contribution in [0.2, 0.25) is 0 Å². The molecule has 29 heavy (non-hydrogen) atoms. The van der Waals surface area contributed by atoms with Gasteiger partial charge in [0.25, 0.3) is 5.91 Å². The molecule has 1 aromatic heterocycles. The number of nitrogens with zero attached hydrogens (tertiary/aromatic N) is 5. The molecule has 2 aliphatic rings. The molecule has 0 saturated carbocycles. The van der Waals surface area contributed by atoms with Gasteiger partial charge in [-0.2, -0.15) is 5.10 Å². The number of aromatic nitrogens is 2. The van der Waals surface area contributed by atoms with E-state index in [1.165, 1.54) is 11.1 Å². The predicted octanol–water partition coefficient (Wildman–Crippen LogP) is 3.64. The Morgan fingerprint density at radius 3 is 2.41 bits per heavy atom. The SMILES string of the molecule is CN1C(=O)c2cn(Cc3ccc(-c4ccccc4)cc3)nc2N2CC(C)(C)N=C12. The second kappa shape index (κ2) is 6.30. The number of fused-ring (bicyclic) bond motifs is 3. The summed E-state index contributed by atoms with van der Waals surface area (Å²) in [7, 11) is 1.78. The van der Waals surface area contributed by atoms with Crippen LogP contribution in [0.25, 0.3) is 11.1 Å². The van der Waals surface area contributed by atoms with Crippen LogP contribution in [0.3, 0.4) is 0 Å². The third-order valence-electron chi connectivity index (χ3n) is 5.43. The van der Waals surface area contributed by atoms with Crippen LogP contribution >= 0.6 is 0 Å². The molecule has 0 fully saturated rings. The molecule has 2 aromatic carbocycles. The molecule has 0 atom stereocenters. The number of benzene rings is 2. The molecule has 6 nitrogen and oxygen atoms in total. The van der Waals surface area contributed by atoms with Crippen LogP contribution in [0, 0.1) is 0 Å². The van der Waals surface area contributed by atoms with Crippen LogP contribution in [-0.2, 0) is 6.54 Å². The van der Waals surface area contributed by atoms with E-state index in [1.54, 1.807) is 11.9 Å². The lowest BCUT2D eigenvalue weighted by Crippen LogP contribution is -2.48. The van der Waals surface area contributed by atoms with Gasteiger partial charge in [0.15, 0.2) is 5.82 Å². The third-order valence-corrected chi connectivity index (χ3v) is 5.43. The van der Waals surface area contributed by atoms with Crippen molar-refractivity contribution < 1.29 is 4.79 Å². The molecular formula is C23H23N5O. The highest BCUT2D eigenvalue weighted by Gasteiger charge is 2.43. The van der Waals surface area contributed by atoms with Gasteiger partial charge in [-0.15, -0.1) is 0 Å². The summed E-state index contributed by atoms with van der Waals surface area (Å²) in [6.07, 6.45) is 1.85. The van der Waals surface area contributed by atoms with E-state index in [-0.39, 0.29) is 11.4 Å². The van der Waals surface area contributed by atoms with Crippen molar-refractivity contribution in [2.45, 2.75) is 25.9 Å². The maximum Gasteiger partial charge on any atom is 0.265 e. The number of anilines is 1. The fraction of sp³-hybridized carbons (Fsp3) is 0.261. The molecule has 0 spiro atoms. The fourth-order valence-electron chi connectivity index (χ4n) is 3.98. The fourth-order valence-corrected chi connectivity index (χ4v) is 3.98. The van der Waals surface area contributed by atoms with Crippen molar-refractivity contribution in [3.05, 3.63) is 71.9 Å². The summed E-state index contributed by atoms with van der Waals surface area (Å²) in [5.41, 5.74) is 3.92. The van der Waals surface area contributed by atoms with E-state index in [1.807, 2.05) is 34.0 Å². The Hall–Kier alpha value is -3.41. The van der Waals surface area contributed by atoms with Gasteiger partial charge in [-0.3, -0.25) is 19.3 Å². The Bertz CT molecular complexity index is 1110. The van der Waals surface area contributed by atoms with E-state index < -0.39 is 0 Å². The van der Waals surface area contributed by atoms with Gasteiger partial charge in [-0.25, -0.2) is 4.99 Å². The molecule has 3 heterocycles. The van der Waals surface area contributed by atoms with Gasteiger partial charge in [-0.05, 0) is 30.5 Å². The van der Waals surface area contributed by atoms with Crippen molar-refractivity contribution in [1.29, 1.82) is 0 Å². The van der Waals surface area contributed by atoms with Crippen LogP contribution in [0.4, 0.5) is 5.82 Å². The van der Waals surface area contributed by atoms with Gasteiger partial charge >= 0.3 is 0 Å². The number of carbonyl (C=O) groups excluding carboxylic acids is 1. The first-order chi connectivity index (χ1) is 13.9. The number of hydrogen-bond donors (Lipinski definition) is 0. The molecule has 0 radical (unpaired) electrons. The van der Waals surface area contributed by atoms with Gasteiger partial charge in [0, 0.05) is 13.2 Å². The maximum atomic E-state index is 12.8. The summed E-state index contributed by atoms with van der Waals surface area (Å²) in [5.74, 6) is 1.33. The third kappa shape index (κ3) is 3.01. The minimum absolute atomic E-state index is 0.0571. The Labute approximate surface area is 170 Å². The molecule has 0 aliphatic carbocycles. The van der Waals surface area contributed by atoms with Gasteiger partial charge in [-0.1, -0.05) is 54.6 Å². The average Bonchev–Trinajstić information content (AvgIpc) is 3.28. The van der Waals surface area contributed by atoms with Gasteiger partial charge in [0.1, 0.15) is 5.56 Å². The highest BCUT2D eigenvalue weighted by Crippen LogP contribution is 2.33. The number of rotatable bonds is 3. The van der Waals surface area contributed by atoms with Crippen LogP contribution in [0.1, 0.15) is 29.8 Å². The number of aliphatic imine (C=N–C) groups is 1. The quantitative estimate of drug-likeness (QED) is 0.692. The minimum atomic E-state index is -0.234. The van der Waals surface area contributed by atoms with Crippen LogP contribution in [0.15, 0.2) is 65.8 Å². The standard InChI is InChI=1S/C23H23N5O/c1-23(2)15-28-20-19(21(29)26(3)22(28)24-23)14-27(25-20)13-16-9-11-18(12-10-16)17-7-5-4-6-8-17/h4-12,14H,13,15H2,1-3H3. The summed E-state index contributed by atoms with van der Waals surface area (Å²) >= 11 is 0. The van der Waals surface area contributed by atoms with Crippen molar-refractivity contribution in [3.8, 4) is 11.1 Å². The van der Waals surface area contributed by atoms with Crippen LogP contribution in [0.5, 0.6) is 0 Å². The van der Waals surface area contributed by atoms with Crippen molar-refractivity contribution in [3.63, 3.8) is 0 Å². The van der Waals surface area contributed by atoms with Crippen molar-refractivity contribution in [1.82, 2.24) is 14.7 Å². The molecule has 3 aromatic rings. The zero-order valence-corrected chi connectivity index (χ0v) is 16.8. The second-order valence-corrected chi connectivity index (χ2v) is 8.30. The van der Waals surface area contributed by atoms with Crippen molar-refractivity contribution in [2.75, 3.05) is 18.5 Å². The van der Waals surface area contributed by atoms with Crippen LogP contribution < -0.4 is 4.90 Å². The zero-order chi connectivity index (χ0) is 20.2. The Morgan fingerprint density at radius 1 is 1.00 bits per heavy atom. The lowest BCUT2D eigenvalue weighted by atomic mass is 10.0. The lowest BCUT2D eigenvalue weighted by molar-refractivity contribution is 0.0865. The lowest BCUT2D eigenvalue weighted by Gasteiger charge is -2.30. The van der Waals surface area contributed by atoms with E-state index in [9.17, 15) is 4.79 Å². The van der Waals surface area contributed by atoms with E-state index in [4.69, 9.17) is 10.1 Å². The first-order valence-corrected chi connectivity index (χ1v) is 9.79. The Balaban J connectivity index is 1.42.